The van der Waals surface area contributed by atoms with Crippen LogP contribution in [0.2, 0.25) is 0 Å². The molecule has 0 fully saturated rings. The molecule has 0 aliphatic carbocycles. The van der Waals surface area contributed by atoms with Crippen LogP contribution in [-0.4, -0.2) is 65.6 Å². The maximum absolute atomic E-state index is 12.8. The van der Waals surface area contributed by atoms with Crippen LogP contribution < -0.4 is 21.7 Å². The molecule has 2 amide bonds. The fourth-order valence-electron chi connectivity index (χ4n) is 3.31. The highest BCUT2D eigenvalue weighted by molar-refractivity contribution is 7.98. The number of nitrogens with one attached hydrogen (secondary N) is 3. The Morgan fingerprint density at radius 2 is 2.03 bits per heavy atom. The number of thioether (sulfide) groups is 1. The van der Waals surface area contributed by atoms with Gasteiger partial charge < -0.3 is 31.7 Å². The summed E-state index contributed by atoms with van der Waals surface area (Å²) < 4.78 is 0. The molecule has 160 valence electrons. The second-order valence-electron chi connectivity index (χ2n) is 7.21. The van der Waals surface area contributed by atoms with Crippen LogP contribution in [0.15, 0.2) is 24.3 Å². The number of benzene rings is 1. The fourth-order valence-corrected chi connectivity index (χ4v) is 3.80. The molecule has 0 bridgehead atoms. The van der Waals surface area contributed by atoms with Crippen LogP contribution >= 0.6 is 11.8 Å². The summed E-state index contributed by atoms with van der Waals surface area (Å²) in [4.78, 5) is 25.6. The lowest BCUT2D eigenvalue weighted by Crippen LogP contribution is -2.55. The summed E-state index contributed by atoms with van der Waals surface area (Å²) in [5.41, 5.74) is 7.54. The first-order valence-corrected chi connectivity index (χ1v) is 11.4. The lowest BCUT2D eigenvalue weighted by molar-refractivity contribution is -0.129. The van der Waals surface area contributed by atoms with E-state index < -0.39 is 31.1 Å². The van der Waals surface area contributed by atoms with Gasteiger partial charge in [-0.15, -0.1) is 0 Å². The highest BCUT2D eigenvalue weighted by Crippen LogP contribution is 2.25. The SMILES string of the molecule is CSCC[C@H](NC(=O)[C@H](CCCCN)NC(=O)[C@@H]1Cc2ccccc2N1)B(O)O. The van der Waals surface area contributed by atoms with Crippen LogP contribution in [0.1, 0.15) is 31.2 Å². The highest BCUT2D eigenvalue weighted by Gasteiger charge is 2.32. The zero-order chi connectivity index (χ0) is 21.2. The molecule has 1 aliphatic heterocycles. The monoisotopic (exact) mass is 422 g/mol. The maximum atomic E-state index is 12.8. The van der Waals surface area contributed by atoms with Crippen molar-refractivity contribution in [2.75, 3.05) is 23.9 Å². The lowest BCUT2D eigenvalue weighted by atomic mass is 9.77. The average Bonchev–Trinajstić information content (AvgIpc) is 3.14. The Labute approximate surface area is 176 Å². The number of fused-ring (bicyclic) bond motifs is 1. The smallest absolute Gasteiger partial charge is 0.426 e. The van der Waals surface area contributed by atoms with Crippen molar-refractivity contribution < 1.29 is 19.6 Å². The molecule has 0 aromatic heterocycles. The largest absolute Gasteiger partial charge is 0.475 e. The van der Waals surface area contributed by atoms with E-state index in [0.29, 0.717) is 38.0 Å². The summed E-state index contributed by atoms with van der Waals surface area (Å²) in [6, 6.07) is 6.54. The summed E-state index contributed by atoms with van der Waals surface area (Å²) in [5.74, 6) is -0.765. The van der Waals surface area contributed by atoms with Crippen LogP contribution in [0.25, 0.3) is 0 Å². The van der Waals surface area contributed by atoms with E-state index in [-0.39, 0.29) is 5.91 Å². The van der Waals surface area contributed by atoms with Crippen molar-refractivity contribution in [3.63, 3.8) is 0 Å². The summed E-state index contributed by atoms with van der Waals surface area (Å²) in [7, 11) is -1.66. The van der Waals surface area contributed by atoms with Gasteiger partial charge in [0.25, 0.3) is 0 Å². The standard InChI is InChI=1S/C19H31BN4O4S/c1-29-11-9-17(20(27)28)24-18(25)15(8-4-5-10-21)23-19(26)16-12-13-6-2-3-7-14(13)22-16/h2-3,6-7,15-17,22,27-28H,4-5,8-12,21H2,1H3,(H,23,26)(H,24,25)/t15-,16-,17-/m0/s1. The van der Waals surface area contributed by atoms with Crippen LogP contribution in [0, 0.1) is 0 Å². The molecule has 3 atom stereocenters. The van der Waals surface area contributed by atoms with E-state index in [4.69, 9.17) is 5.73 Å². The number of unbranched alkanes of at least 4 members (excludes halogenated alkanes) is 1. The van der Waals surface area contributed by atoms with E-state index in [9.17, 15) is 19.6 Å². The maximum Gasteiger partial charge on any atom is 0.475 e. The van der Waals surface area contributed by atoms with Gasteiger partial charge in [0.05, 0.1) is 5.94 Å². The molecule has 7 N–H and O–H groups in total. The van der Waals surface area contributed by atoms with Crippen molar-refractivity contribution in [1.29, 1.82) is 0 Å². The Morgan fingerprint density at radius 1 is 1.28 bits per heavy atom. The molecular formula is C19H31BN4O4S. The molecule has 1 heterocycles. The van der Waals surface area contributed by atoms with E-state index in [0.717, 1.165) is 17.7 Å². The first-order chi connectivity index (χ1) is 14.0. The van der Waals surface area contributed by atoms with Gasteiger partial charge in [0.15, 0.2) is 0 Å². The molecule has 1 aromatic carbocycles. The third kappa shape index (κ3) is 7.22. The van der Waals surface area contributed by atoms with Gasteiger partial charge in [0.2, 0.25) is 11.8 Å². The van der Waals surface area contributed by atoms with Crippen molar-refractivity contribution in [2.24, 2.45) is 5.73 Å². The summed E-state index contributed by atoms with van der Waals surface area (Å²) >= 11 is 1.56. The lowest BCUT2D eigenvalue weighted by Gasteiger charge is -2.24. The third-order valence-electron chi connectivity index (χ3n) is 4.99. The van der Waals surface area contributed by atoms with Gasteiger partial charge in [0, 0.05) is 12.1 Å². The molecule has 0 spiro atoms. The van der Waals surface area contributed by atoms with Crippen molar-refractivity contribution in [1.82, 2.24) is 10.6 Å². The number of anilines is 1. The number of hydrogen-bond acceptors (Lipinski definition) is 7. The minimum Gasteiger partial charge on any atom is -0.426 e. The van der Waals surface area contributed by atoms with Crippen LogP contribution in [0.4, 0.5) is 5.69 Å². The van der Waals surface area contributed by atoms with E-state index in [1.165, 1.54) is 0 Å². The number of amides is 2. The van der Waals surface area contributed by atoms with Crippen molar-refractivity contribution >= 4 is 36.4 Å². The second kappa shape index (κ2) is 12.1. The predicted octanol–water partition coefficient (Wildman–Crippen LogP) is -0.113. The molecule has 1 aromatic rings. The minimum atomic E-state index is -1.66. The zero-order valence-electron chi connectivity index (χ0n) is 16.8. The summed E-state index contributed by atoms with van der Waals surface area (Å²) in [6.07, 6.45) is 4.75. The van der Waals surface area contributed by atoms with Crippen LogP contribution in [-0.2, 0) is 16.0 Å². The molecule has 0 saturated heterocycles. The minimum absolute atomic E-state index is 0.251. The Bertz CT molecular complexity index is 654. The molecule has 2 rings (SSSR count). The molecular weight excluding hydrogens is 391 g/mol. The highest BCUT2D eigenvalue weighted by atomic mass is 32.2. The first-order valence-electron chi connectivity index (χ1n) is 9.96. The number of hydrogen-bond donors (Lipinski definition) is 6. The molecule has 0 radical (unpaired) electrons. The molecule has 10 heteroatoms. The molecule has 29 heavy (non-hydrogen) atoms. The van der Waals surface area contributed by atoms with Gasteiger partial charge >= 0.3 is 7.12 Å². The van der Waals surface area contributed by atoms with E-state index >= 15 is 0 Å². The van der Waals surface area contributed by atoms with Gasteiger partial charge in [0.1, 0.15) is 12.1 Å². The van der Waals surface area contributed by atoms with Crippen molar-refractivity contribution in [3.8, 4) is 0 Å². The second-order valence-corrected chi connectivity index (χ2v) is 8.20. The van der Waals surface area contributed by atoms with Crippen LogP contribution in [0.3, 0.4) is 0 Å². The Balaban J connectivity index is 1.99. The topological polar surface area (TPSA) is 137 Å². The summed E-state index contributed by atoms with van der Waals surface area (Å²) in [6.45, 7) is 0.507. The normalized spacial score (nSPS) is 17.0. The van der Waals surface area contributed by atoms with Gasteiger partial charge in [-0.05, 0) is 55.9 Å². The molecule has 0 saturated carbocycles. The van der Waals surface area contributed by atoms with Gasteiger partial charge in [-0.2, -0.15) is 11.8 Å². The number of rotatable bonds is 12. The molecule has 1 aliphatic rings. The molecule has 0 unspecified atom stereocenters. The van der Waals surface area contributed by atoms with Crippen molar-refractivity contribution in [3.05, 3.63) is 29.8 Å². The number of nitrogens with two attached hydrogens (primary N) is 1. The van der Waals surface area contributed by atoms with E-state index in [2.05, 4.69) is 16.0 Å². The number of carbonyl (C=O) groups excluding carboxylic acids is 2. The number of para-hydroxylation sites is 1. The summed E-state index contributed by atoms with van der Waals surface area (Å²) in [5, 5.41) is 27.8. The number of carbonyl (C=O) groups is 2. The average molecular weight is 422 g/mol. The van der Waals surface area contributed by atoms with Gasteiger partial charge in [-0.3, -0.25) is 9.59 Å². The Kier molecular flexibility index (Phi) is 9.79. The van der Waals surface area contributed by atoms with E-state index in [1.807, 2.05) is 30.5 Å². The zero-order valence-corrected chi connectivity index (χ0v) is 17.6. The van der Waals surface area contributed by atoms with E-state index in [1.54, 1.807) is 11.8 Å². The quantitative estimate of drug-likeness (QED) is 0.204. The first kappa shape index (κ1) is 23.5. The van der Waals surface area contributed by atoms with Crippen molar-refractivity contribution in [2.45, 2.75) is 50.1 Å². The third-order valence-corrected chi connectivity index (χ3v) is 5.63. The molecule has 8 nitrogen and oxygen atoms in total. The van der Waals surface area contributed by atoms with Gasteiger partial charge in [-0.25, -0.2) is 0 Å². The Hall–Kier alpha value is -1.75. The fraction of sp³-hybridized carbons (Fsp3) is 0.579. The van der Waals surface area contributed by atoms with Crippen LogP contribution in [0.5, 0.6) is 0 Å². The predicted molar refractivity (Wildman–Crippen MR) is 118 cm³/mol. The Morgan fingerprint density at radius 3 is 2.69 bits per heavy atom. The van der Waals surface area contributed by atoms with Gasteiger partial charge in [-0.1, -0.05) is 18.2 Å².